The molecule has 29 heavy (non-hydrogen) atoms. The van der Waals surface area contributed by atoms with E-state index < -0.39 is 5.97 Å². The molecule has 0 bridgehead atoms. The fourth-order valence-corrected chi connectivity index (χ4v) is 2.98. The summed E-state index contributed by atoms with van der Waals surface area (Å²) < 4.78 is 6.16. The molecule has 2 aromatic carbocycles. The first kappa shape index (κ1) is 22.5. The van der Waals surface area contributed by atoms with Crippen LogP contribution in [0.25, 0.3) is 0 Å². The molecular weight excluding hydrogens is 366 g/mol. The van der Waals surface area contributed by atoms with E-state index in [1.165, 1.54) is 11.1 Å². The summed E-state index contributed by atoms with van der Waals surface area (Å²) in [6.45, 7) is 9.17. The van der Waals surface area contributed by atoms with Gasteiger partial charge >= 0.3 is 5.97 Å². The summed E-state index contributed by atoms with van der Waals surface area (Å²) in [5.41, 5.74) is 3.54. The van der Waals surface area contributed by atoms with Gasteiger partial charge in [-0.15, -0.1) is 0 Å². The van der Waals surface area contributed by atoms with Gasteiger partial charge < -0.3 is 15.2 Å². The van der Waals surface area contributed by atoms with Gasteiger partial charge in [0, 0.05) is 18.5 Å². The Labute approximate surface area is 173 Å². The van der Waals surface area contributed by atoms with Crippen molar-refractivity contribution in [3.05, 3.63) is 59.2 Å². The van der Waals surface area contributed by atoms with Gasteiger partial charge in [0.05, 0.1) is 6.42 Å². The van der Waals surface area contributed by atoms with Gasteiger partial charge in [0.15, 0.2) is 0 Å². The number of rotatable bonds is 9. The molecule has 0 atom stereocenters. The summed E-state index contributed by atoms with van der Waals surface area (Å²) in [7, 11) is 0. The van der Waals surface area contributed by atoms with Crippen molar-refractivity contribution in [2.75, 3.05) is 6.54 Å². The zero-order chi connectivity index (χ0) is 21.4. The summed E-state index contributed by atoms with van der Waals surface area (Å²) >= 11 is 0. The van der Waals surface area contributed by atoms with Crippen LogP contribution in [-0.2, 0) is 27.8 Å². The maximum Gasteiger partial charge on any atom is 0.303 e. The number of carbonyl (C=O) groups excluding carboxylic acids is 1. The van der Waals surface area contributed by atoms with Crippen molar-refractivity contribution in [3.8, 4) is 11.5 Å². The molecule has 156 valence electrons. The van der Waals surface area contributed by atoms with Crippen LogP contribution in [0.1, 0.15) is 57.2 Å². The molecule has 0 heterocycles. The zero-order valence-corrected chi connectivity index (χ0v) is 17.7. The van der Waals surface area contributed by atoms with Crippen molar-refractivity contribution in [2.24, 2.45) is 0 Å². The molecule has 0 saturated carbocycles. The van der Waals surface area contributed by atoms with E-state index in [2.05, 4.69) is 45.1 Å². The number of carboxylic acid groups (broad SMARTS) is 1. The molecule has 0 aliphatic carbocycles. The Morgan fingerprint density at radius 3 is 2.24 bits per heavy atom. The number of amides is 1. The predicted molar refractivity (Wildman–Crippen MR) is 115 cm³/mol. The molecule has 0 unspecified atom stereocenters. The molecule has 0 aliphatic heterocycles. The minimum atomic E-state index is -0.963. The fourth-order valence-electron chi connectivity index (χ4n) is 2.98. The van der Waals surface area contributed by atoms with Crippen LogP contribution in [0.15, 0.2) is 42.5 Å². The van der Waals surface area contributed by atoms with E-state index in [0.717, 1.165) is 23.5 Å². The topological polar surface area (TPSA) is 75.6 Å². The standard InChI is InChI=1S/C24H31NO4/c1-5-17-8-11-21(20(16-17)24(2,3)4)29-19-9-6-18(7-10-19)14-15-25-22(26)12-13-23(27)28/h6-11,16H,5,12-15H2,1-4H3,(H,25,26)(H,27,28). The zero-order valence-electron chi connectivity index (χ0n) is 17.7. The highest BCUT2D eigenvalue weighted by Crippen LogP contribution is 2.35. The van der Waals surface area contributed by atoms with Gasteiger partial charge in [-0.2, -0.15) is 0 Å². The van der Waals surface area contributed by atoms with Gasteiger partial charge in [0.1, 0.15) is 11.5 Å². The lowest BCUT2D eigenvalue weighted by Gasteiger charge is -2.23. The third kappa shape index (κ3) is 7.26. The SMILES string of the molecule is CCc1ccc(Oc2ccc(CCNC(=O)CCC(=O)O)cc2)c(C(C)(C)C)c1. The van der Waals surface area contributed by atoms with Crippen molar-refractivity contribution >= 4 is 11.9 Å². The number of benzene rings is 2. The predicted octanol–water partition coefficient (Wildman–Crippen LogP) is 4.86. The molecular formula is C24H31NO4. The number of hydrogen-bond donors (Lipinski definition) is 2. The molecule has 0 aliphatic rings. The first-order valence-electron chi connectivity index (χ1n) is 10.1. The van der Waals surface area contributed by atoms with Gasteiger partial charge in [0.25, 0.3) is 0 Å². The largest absolute Gasteiger partial charge is 0.481 e. The van der Waals surface area contributed by atoms with E-state index in [1.54, 1.807) is 0 Å². The monoisotopic (exact) mass is 397 g/mol. The van der Waals surface area contributed by atoms with E-state index in [0.29, 0.717) is 13.0 Å². The van der Waals surface area contributed by atoms with Crippen LogP contribution >= 0.6 is 0 Å². The second-order valence-corrected chi connectivity index (χ2v) is 8.17. The van der Waals surface area contributed by atoms with Gasteiger partial charge in [0.2, 0.25) is 5.91 Å². The number of carboxylic acids is 1. The van der Waals surface area contributed by atoms with Crippen molar-refractivity contribution in [1.82, 2.24) is 5.32 Å². The lowest BCUT2D eigenvalue weighted by atomic mass is 9.85. The summed E-state index contributed by atoms with van der Waals surface area (Å²) in [4.78, 5) is 22.0. The van der Waals surface area contributed by atoms with Crippen LogP contribution in [0.5, 0.6) is 11.5 Å². The molecule has 2 aromatic rings. The number of ether oxygens (including phenoxy) is 1. The van der Waals surface area contributed by atoms with Crippen LogP contribution in [0.2, 0.25) is 0 Å². The third-order valence-corrected chi connectivity index (χ3v) is 4.71. The Morgan fingerprint density at radius 2 is 1.66 bits per heavy atom. The molecule has 2 N–H and O–H groups in total. The van der Waals surface area contributed by atoms with Crippen molar-refractivity contribution < 1.29 is 19.4 Å². The summed E-state index contributed by atoms with van der Waals surface area (Å²) in [5.74, 6) is 0.439. The van der Waals surface area contributed by atoms with E-state index in [9.17, 15) is 9.59 Å². The number of aliphatic carboxylic acids is 1. The lowest BCUT2D eigenvalue weighted by molar-refractivity contribution is -0.138. The van der Waals surface area contributed by atoms with Crippen molar-refractivity contribution in [2.45, 2.75) is 58.8 Å². The molecule has 5 nitrogen and oxygen atoms in total. The molecule has 0 saturated heterocycles. The van der Waals surface area contributed by atoms with E-state index >= 15 is 0 Å². The first-order chi connectivity index (χ1) is 13.7. The maximum atomic E-state index is 11.6. The molecule has 0 fully saturated rings. The Hall–Kier alpha value is -2.82. The van der Waals surface area contributed by atoms with Crippen LogP contribution in [-0.4, -0.2) is 23.5 Å². The summed E-state index contributed by atoms with van der Waals surface area (Å²) in [6, 6.07) is 14.2. The lowest BCUT2D eigenvalue weighted by Crippen LogP contribution is -2.25. The second kappa shape index (κ2) is 10.1. The number of nitrogens with one attached hydrogen (secondary N) is 1. The highest BCUT2D eigenvalue weighted by atomic mass is 16.5. The molecule has 0 radical (unpaired) electrons. The van der Waals surface area contributed by atoms with Gasteiger partial charge in [-0.25, -0.2) is 0 Å². The number of aryl methyl sites for hydroxylation is 1. The number of hydrogen-bond acceptors (Lipinski definition) is 3. The minimum Gasteiger partial charge on any atom is -0.481 e. The van der Waals surface area contributed by atoms with Gasteiger partial charge in [-0.05, 0) is 47.6 Å². The van der Waals surface area contributed by atoms with Crippen molar-refractivity contribution in [1.29, 1.82) is 0 Å². The molecule has 5 heteroatoms. The molecule has 1 amide bonds. The normalized spacial score (nSPS) is 11.2. The van der Waals surface area contributed by atoms with Crippen LogP contribution in [0.4, 0.5) is 0 Å². The quantitative estimate of drug-likeness (QED) is 0.633. The maximum absolute atomic E-state index is 11.6. The summed E-state index contributed by atoms with van der Waals surface area (Å²) in [6.07, 6.45) is 1.53. The molecule has 2 rings (SSSR count). The Balaban J connectivity index is 1.96. The number of carbonyl (C=O) groups is 2. The van der Waals surface area contributed by atoms with E-state index in [4.69, 9.17) is 9.84 Å². The Kier molecular flexibility index (Phi) is 7.82. The van der Waals surface area contributed by atoms with Crippen LogP contribution in [0, 0.1) is 0 Å². The second-order valence-electron chi connectivity index (χ2n) is 8.17. The van der Waals surface area contributed by atoms with Crippen LogP contribution in [0.3, 0.4) is 0 Å². The Morgan fingerprint density at radius 1 is 1.00 bits per heavy atom. The Bertz CT molecular complexity index is 835. The average Bonchev–Trinajstić information content (AvgIpc) is 2.67. The third-order valence-electron chi connectivity index (χ3n) is 4.71. The molecule has 0 aromatic heterocycles. The van der Waals surface area contributed by atoms with E-state index in [-0.39, 0.29) is 24.2 Å². The van der Waals surface area contributed by atoms with Crippen LogP contribution < -0.4 is 10.1 Å². The van der Waals surface area contributed by atoms with Crippen molar-refractivity contribution in [3.63, 3.8) is 0 Å². The van der Waals surface area contributed by atoms with Gasteiger partial charge in [-0.1, -0.05) is 52.0 Å². The average molecular weight is 398 g/mol. The van der Waals surface area contributed by atoms with Gasteiger partial charge in [-0.3, -0.25) is 9.59 Å². The highest BCUT2D eigenvalue weighted by molar-refractivity contribution is 5.80. The summed E-state index contributed by atoms with van der Waals surface area (Å²) in [5, 5.41) is 11.3. The fraction of sp³-hybridized carbons (Fsp3) is 0.417. The minimum absolute atomic E-state index is 0.00897. The first-order valence-corrected chi connectivity index (χ1v) is 10.1. The molecule has 0 spiro atoms. The smallest absolute Gasteiger partial charge is 0.303 e. The highest BCUT2D eigenvalue weighted by Gasteiger charge is 2.20. The van der Waals surface area contributed by atoms with E-state index in [1.807, 2.05) is 30.3 Å².